The first-order valence-electron chi connectivity index (χ1n) is 5.21. The highest BCUT2D eigenvalue weighted by Gasteiger charge is 2.19. The Morgan fingerprint density at radius 3 is 2.69 bits per heavy atom. The van der Waals surface area contributed by atoms with Gasteiger partial charge in [0.25, 0.3) is 0 Å². The molecule has 1 saturated heterocycles. The highest BCUT2D eigenvalue weighted by atomic mass is 79.9. The summed E-state index contributed by atoms with van der Waals surface area (Å²) in [5.41, 5.74) is 0.562. The smallest absolute Gasteiger partial charge is 0.151 e. The molecule has 1 fully saturated rings. The molecule has 88 valence electrons. The summed E-state index contributed by atoms with van der Waals surface area (Å²) in [6, 6.07) is 3.26. The van der Waals surface area contributed by atoms with E-state index in [4.69, 9.17) is 4.74 Å². The molecule has 0 atom stereocenters. The third-order valence-electron chi connectivity index (χ3n) is 2.65. The molecule has 16 heavy (non-hydrogen) atoms. The van der Waals surface area contributed by atoms with E-state index in [1.165, 1.54) is 6.07 Å². The van der Waals surface area contributed by atoms with Crippen LogP contribution in [0.15, 0.2) is 16.6 Å². The van der Waals surface area contributed by atoms with Crippen LogP contribution in [0, 0.1) is 5.82 Å². The molecule has 1 aliphatic rings. The lowest BCUT2D eigenvalue weighted by Crippen LogP contribution is -2.44. The molecule has 0 saturated carbocycles. The highest BCUT2D eigenvalue weighted by molar-refractivity contribution is 9.10. The Morgan fingerprint density at radius 2 is 2.06 bits per heavy atom. The molecule has 0 spiro atoms. The average molecular weight is 289 g/mol. The highest BCUT2D eigenvalue weighted by Crippen LogP contribution is 2.34. The molecule has 1 aromatic rings. The molecule has 0 unspecified atom stereocenters. The van der Waals surface area contributed by atoms with Crippen LogP contribution in [0.3, 0.4) is 0 Å². The summed E-state index contributed by atoms with van der Waals surface area (Å²) in [4.78, 5) is 2.01. The van der Waals surface area contributed by atoms with Crippen LogP contribution >= 0.6 is 15.9 Å². The number of methoxy groups -OCH3 is 1. The van der Waals surface area contributed by atoms with Crippen LogP contribution in [0.1, 0.15) is 0 Å². The van der Waals surface area contributed by atoms with Crippen LogP contribution in [0.5, 0.6) is 5.75 Å². The largest absolute Gasteiger partial charge is 0.494 e. The Kier molecular flexibility index (Phi) is 3.66. The topological polar surface area (TPSA) is 24.5 Å². The van der Waals surface area contributed by atoms with Crippen LogP contribution in [-0.2, 0) is 0 Å². The zero-order valence-corrected chi connectivity index (χ0v) is 10.7. The number of piperazine rings is 1. The van der Waals surface area contributed by atoms with Crippen molar-refractivity contribution in [1.29, 1.82) is 0 Å². The van der Waals surface area contributed by atoms with Gasteiger partial charge < -0.3 is 15.0 Å². The van der Waals surface area contributed by atoms with Gasteiger partial charge in [-0.15, -0.1) is 0 Å². The second-order valence-electron chi connectivity index (χ2n) is 3.68. The van der Waals surface area contributed by atoms with Gasteiger partial charge in [0.15, 0.2) is 5.82 Å². The maximum absolute atomic E-state index is 13.9. The quantitative estimate of drug-likeness (QED) is 0.901. The minimum Gasteiger partial charge on any atom is -0.494 e. The van der Waals surface area contributed by atoms with Crippen LogP contribution in [0.2, 0.25) is 0 Å². The molecule has 0 aliphatic carbocycles. The van der Waals surface area contributed by atoms with Crippen molar-refractivity contribution in [1.82, 2.24) is 5.32 Å². The Labute approximate surface area is 103 Å². The van der Waals surface area contributed by atoms with Gasteiger partial charge in [0.1, 0.15) is 11.4 Å². The first-order valence-corrected chi connectivity index (χ1v) is 6.00. The molecule has 0 aromatic heterocycles. The van der Waals surface area contributed by atoms with Crippen molar-refractivity contribution >= 4 is 21.6 Å². The number of rotatable bonds is 2. The first kappa shape index (κ1) is 11.7. The lowest BCUT2D eigenvalue weighted by Gasteiger charge is -2.30. The van der Waals surface area contributed by atoms with E-state index in [0.29, 0.717) is 15.9 Å². The third-order valence-corrected chi connectivity index (χ3v) is 3.10. The summed E-state index contributed by atoms with van der Waals surface area (Å²) in [5, 5.41) is 3.24. The zero-order valence-electron chi connectivity index (χ0n) is 9.09. The van der Waals surface area contributed by atoms with E-state index in [1.54, 1.807) is 13.2 Å². The fraction of sp³-hybridized carbons (Fsp3) is 0.455. The summed E-state index contributed by atoms with van der Waals surface area (Å²) in [7, 11) is 1.56. The Balaban J connectivity index is 2.37. The van der Waals surface area contributed by atoms with Crippen molar-refractivity contribution in [3.05, 3.63) is 22.4 Å². The number of hydrogen-bond acceptors (Lipinski definition) is 3. The predicted molar refractivity (Wildman–Crippen MR) is 65.7 cm³/mol. The van der Waals surface area contributed by atoms with Crippen LogP contribution in [-0.4, -0.2) is 33.3 Å². The molecule has 1 aromatic carbocycles. The molecule has 5 heteroatoms. The summed E-state index contributed by atoms with van der Waals surface area (Å²) < 4.78 is 19.8. The van der Waals surface area contributed by atoms with Gasteiger partial charge in [-0.1, -0.05) is 15.9 Å². The lowest BCUT2D eigenvalue weighted by molar-refractivity contribution is 0.408. The van der Waals surface area contributed by atoms with Crippen molar-refractivity contribution < 1.29 is 9.13 Å². The molecule has 0 amide bonds. The standard InChI is InChI=1S/C11H14BrFN2O/c1-16-10-7-8(12)6-9(13)11(10)15-4-2-14-3-5-15/h6-7,14H,2-5H2,1H3. The van der Waals surface area contributed by atoms with Gasteiger partial charge in [0.05, 0.1) is 7.11 Å². The monoisotopic (exact) mass is 288 g/mol. The third kappa shape index (κ3) is 2.30. The van der Waals surface area contributed by atoms with Crippen molar-refractivity contribution in [2.75, 3.05) is 38.2 Å². The van der Waals surface area contributed by atoms with Gasteiger partial charge in [0, 0.05) is 30.7 Å². The van der Waals surface area contributed by atoms with E-state index in [9.17, 15) is 4.39 Å². The Bertz CT molecular complexity index is 380. The van der Waals surface area contributed by atoms with Crippen LogP contribution in [0.4, 0.5) is 10.1 Å². The maximum Gasteiger partial charge on any atom is 0.151 e. The van der Waals surface area contributed by atoms with Gasteiger partial charge in [0.2, 0.25) is 0 Å². The minimum atomic E-state index is -0.242. The van der Waals surface area contributed by atoms with Crippen LogP contribution < -0.4 is 15.0 Å². The van der Waals surface area contributed by atoms with E-state index < -0.39 is 0 Å². The summed E-state index contributed by atoms with van der Waals surface area (Å²) in [5.74, 6) is 0.335. The van der Waals surface area contributed by atoms with Crippen LogP contribution in [0.25, 0.3) is 0 Å². The van der Waals surface area contributed by atoms with Gasteiger partial charge in [-0.05, 0) is 12.1 Å². The number of anilines is 1. The summed E-state index contributed by atoms with van der Waals surface area (Å²) >= 11 is 3.26. The second kappa shape index (κ2) is 5.01. The minimum absolute atomic E-state index is 0.242. The molecule has 3 nitrogen and oxygen atoms in total. The summed E-state index contributed by atoms with van der Waals surface area (Å²) in [6.07, 6.45) is 0. The van der Waals surface area contributed by atoms with E-state index in [2.05, 4.69) is 21.2 Å². The molecular weight excluding hydrogens is 275 g/mol. The number of benzene rings is 1. The van der Waals surface area contributed by atoms with E-state index in [0.717, 1.165) is 26.2 Å². The Hall–Kier alpha value is -0.810. The number of halogens is 2. The first-order chi connectivity index (χ1) is 7.72. The fourth-order valence-electron chi connectivity index (χ4n) is 1.89. The van der Waals surface area contributed by atoms with Gasteiger partial charge in [-0.2, -0.15) is 0 Å². The fourth-order valence-corrected chi connectivity index (χ4v) is 2.30. The molecule has 0 radical (unpaired) electrons. The number of ether oxygens (including phenoxy) is 1. The normalized spacial score (nSPS) is 16.3. The molecule has 2 rings (SSSR count). The second-order valence-corrected chi connectivity index (χ2v) is 4.59. The Morgan fingerprint density at radius 1 is 1.38 bits per heavy atom. The number of nitrogens with zero attached hydrogens (tertiary/aromatic N) is 1. The molecule has 1 aliphatic heterocycles. The van der Waals surface area contributed by atoms with Crippen molar-refractivity contribution in [3.8, 4) is 5.75 Å². The predicted octanol–water partition coefficient (Wildman–Crippen LogP) is 2.01. The van der Waals surface area contributed by atoms with E-state index in [-0.39, 0.29) is 5.82 Å². The van der Waals surface area contributed by atoms with Crippen molar-refractivity contribution in [2.45, 2.75) is 0 Å². The number of hydrogen-bond donors (Lipinski definition) is 1. The van der Waals surface area contributed by atoms with Gasteiger partial charge in [-0.25, -0.2) is 4.39 Å². The van der Waals surface area contributed by atoms with Gasteiger partial charge in [-0.3, -0.25) is 0 Å². The maximum atomic E-state index is 13.9. The molecular formula is C11H14BrFN2O. The van der Waals surface area contributed by atoms with E-state index >= 15 is 0 Å². The molecule has 1 N–H and O–H groups in total. The lowest BCUT2D eigenvalue weighted by atomic mass is 10.2. The zero-order chi connectivity index (χ0) is 11.5. The molecule has 0 bridgehead atoms. The average Bonchev–Trinajstić information content (AvgIpc) is 2.29. The molecule has 1 heterocycles. The SMILES string of the molecule is COc1cc(Br)cc(F)c1N1CCNCC1. The van der Waals surface area contributed by atoms with Crippen molar-refractivity contribution in [2.24, 2.45) is 0 Å². The van der Waals surface area contributed by atoms with E-state index in [1.807, 2.05) is 4.90 Å². The summed E-state index contributed by atoms with van der Waals surface area (Å²) in [6.45, 7) is 3.35. The number of nitrogens with one attached hydrogen (secondary N) is 1. The van der Waals surface area contributed by atoms with Gasteiger partial charge >= 0.3 is 0 Å². The van der Waals surface area contributed by atoms with Crippen molar-refractivity contribution in [3.63, 3.8) is 0 Å².